The smallest absolute Gasteiger partial charge is 0.338 e. The van der Waals surface area contributed by atoms with Gasteiger partial charge in [-0.1, -0.05) is 0 Å². The van der Waals surface area contributed by atoms with Gasteiger partial charge in [-0.2, -0.15) is 0 Å². The number of halogens is 2. The molecule has 0 bridgehead atoms. The zero-order valence-corrected chi connectivity index (χ0v) is 13.8. The van der Waals surface area contributed by atoms with Crippen molar-refractivity contribution in [3.63, 3.8) is 0 Å². The highest BCUT2D eigenvalue weighted by Gasteiger charge is 2.34. The average molecular weight is 361 g/mol. The summed E-state index contributed by atoms with van der Waals surface area (Å²) in [6.45, 7) is 1.33. The Morgan fingerprint density at radius 1 is 1.25 bits per heavy atom. The normalized spacial score (nSPS) is 19.0. The monoisotopic (exact) mass is 361 g/mol. The number of carbonyl (C=O) groups excluding carboxylic acids is 2. The van der Waals surface area contributed by atoms with E-state index in [1.807, 2.05) is 0 Å². The molecule has 1 aromatic carbocycles. The first-order chi connectivity index (χ1) is 11.2. The zero-order chi connectivity index (χ0) is 17.9. The topological polar surface area (TPSA) is 80.8 Å². The molecule has 6 nitrogen and oxygen atoms in total. The summed E-state index contributed by atoms with van der Waals surface area (Å²) in [5.41, 5.74) is -0.341. The Morgan fingerprint density at radius 2 is 1.88 bits per heavy atom. The maximum atomic E-state index is 13.1. The number of likely N-dealkylation sites (N-methyl/N-ethyl adjacent to an activating group) is 1. The molecule has 1 fully saturated rings. The first kappa shape index (κ1) is 18.3. The minimum Gasteiger partial charge on any atom is -0.452 e. The third-order valence-corrected chi connectivity index (χ3v) is 5.49. The summed E-state index contributed by atoms with van der Waals surface area (Å²) in [5, 5.41) is 0. The number of rotatable bonds is 5. The van der Waals surface area contributed by atoms with Gasteiger partial charge in [-0.25, -0.2) is 22.0 Å². The van der Waals surface area contributed by atoms with E-state index in [1.165, 1.54) is 4.90 Å². The van der Waals surface area contributed by atoms with Crippen molar-refractivity contribution in [2.45, 2.75) is 19.4 Å². The van der Waals surface area contributed by atoms with Crippen LogP contribution in [0.25, 0.3) is 0 Å². The van der Waals surface area contributed by atoms with Crippen LogP contribution in [0.4, 0.5) is 8.78 Å². The minimum absolute atomic E-state index is 0.0177. The largest absolute Gasteiger partial charge is 0.452 e. The molecule has 2 rings (SSSR count). The number of hydrogen-bond donors (Lipinski definition) is 0. The van der Waals surface area contributed by atoms with E-state index in [-0.39, 0.29) is 23.6 Å². The standard InChI is InChI=1S/C15H17F2NO5S/c1-2-18(13-3-4-24(21,22)9-13)14(19)8-23-15(20)10-5-11(16)7-12(17)6-10/h5-7,13H,2-4,8-9H2,1H3. The second kappa shape index (κ2) is 7.25. The van der Waals surface area contributed by atoms with E-state index >= 15 is 0 Å². The molecule has 132 valence electrons. The van der Waals surface area contributed by atoms with Crippen molar-refractivity contribution in [2.24, 2.45) is 0 Å². The van der Waals surface area contributed by atoms with Crippen LogP contribution < -0.4 is 0 Å². The van der Waals surface area contributed by atoms with Crippen molar-refractivity contribution < 1.29 is 31.5 Å². The highest BCUT2D eigenvalue weighted by molar-refractivity contribution is 7.91. The molecule has 1 aromatic rings. The van der Waals surface area contributed by atoms with Crippen molar-refractivity contribution in [1.29, 1.82) is 0 Å². The van der Waals surface area contributed by atoms with Gasteiger partial charge in [-0.05, 0) is 25.5 Å². The number of esters is 1. The van der Waals surface area contributed by atoms with E-state index in [4.69, 9.17) is 4.74 Å². The molecule has 1 heterocycles. The molecule has 1 aliphatic rings. The third-order valence-electron chi connectivity index (χ3n) is 3.74. The fourth-order valence-corrected chi connectivity index (χ4v) is 4.36. The van der Waals surface area contributed by atoms with Gasteiger partial charge in [-0.3, -0.25) is 4.79 Å². The third kappa shape index (κ3) is 4.50. The molecule has 0 spiro atoms. The fourth-order valence-electron chi connectivity index (χ4n) is 2.62. The van der Waals surface area contributed by atoms with Gasteiger partial charge in [0.25, 0.3) is 5.91 Å². The summed E-state index contributed by atoms with van der Waals surface area (Å²) in [6, 6.07) is 1.77. The number of carbonyl (C=O) groups is 2. The van der Waals surface area contributed by atoms with Crippen LogP contribution in [0.5, 0.6) is 0 Å². The lowest BCUT2D eigenvalue weighted by atomic mass is 10.2. The molecule has 24 heavy (non-hydrogen) atoms. The number of benzene rings is 1. The van der Waals surface area contributed by atoms with E-state index in [1.54, 1.807) is 6.92 Å². The maximum absolute atomic E-state index is 13.1. The molecule has 1 atom stereocenters. The van der Waals surface area contributed by atoms with Crippen molar-refractivity contribution in [3.8, 4) is 0 Å². The maximum Gasteiger partial charge on any atom is 0.338 e. The molecular formula is C15H17F2NO5S. The summed E-state index contributed by atoms with van der Waals surface area (Å²) in [7, 11) is -3.15. The van der Waals surface area contributed by atoms with Gasteiger partial charge in [-0.15, -0.1) is 0 Å². The lowest BCUT2D eigenvalue weighted by Gasteiger charge is -2.26. The van der Waals surface area contributed by atoms with Crippen LogP contribution in [0.1, 0.15) is 23.7 Å². The van der Waals surface area contributed by atoms with Gasteiger partial charge < -0.3 is 9.64 Å². The minimum atomic E-state index is -3.15. The Balaban J connectivity index is 1.97. The average Bonchev–Trinajstić information content (AvgIpc) is 2.84. The number of hydrogen-bond acceptors (Lipinski definition) is 5. The molecule has 1 unspecified atom stereocenters. The van der Waals surface area contributed by atoms with E-state index in [9.17, 15) is 26.8 Å². The van der Waals surface area contributed by atoms with E-state index < -0.39 is 46.0 Å². The predicted molar refractivity (Wildman–Crippen MR) is 81.1 cm³/mol. The molecule has 1 amide bonds. The Bertz CT molecular complexity index is 730. The zero-order valence-electron chi connectivity index (χ0n) is 13.0. The quantitative estimate of drug-likeness (QED) is 0.735. The highest BCUT2D eigenvalue weighted by atomic mass is 32.2. The van der Waals surface area contributed by atoms with Crippen LogP contribution in [0.3, 0.4) is 0 Å². The Hall–Kier alpha value is -2.03. The molecule has 0 saturated carbocycles. The van der Waals surface area contributed by atoms with Crippen molar-refractivity contribution >= 4 is 21.7 Å². The lowest BCUT2D eigenvalue weighted by Crippen LogP contribution is -2.43. The molecule has 0 aromatic heterocycles. The Morgan fingerprint density at radius 3 is 2.38 bits per heavy atom. The Kier molecular flexibility index (Phi) is 5.53. The van der Waals surface area contributed by atoms with Crippen LogP contribution in [0.2, 0.25) is 0 Å². The molecule has 9 heteroatoms. The van der Waals surface area contributed by atoms with Gasteiger partial charge in [0.15, 0.2) is 16.4 Å². The first-order valence-corrected chi connectivity index (χ1v) is 9.17. The van der Waals surface area contributed by atoms with Crippen LogP contribution >= 0.6 is 0 Å². The summed E-state index contributed by atoms with van der Waals surface area (Å²) < 4.78 is 53.9. The molecular weight excluding hydrogens is 344 g/mol. The van der Waals surface area contributed by atoms with Gasteiger partial charge >= 0.3 is 5.97 Å². The van der Waals surface area contributed by atoms with Crippen LogP contribution in [-0.4, -0.2) is 55.9 Å². The van der Waals surface area contributed by atoms with Crippen LogP contribution in [0.15, 0.2) is 18.2 Å². The van der Waals surface area contributed by atoms with Crippen LogP contribution in [0, 0.1) is 11.6 Å². The van der Waals surface area contributed by atoms with E-state index in [0.717, 1.165) is 12.1 Å². The summed E-state index contributed by atoms with van der Waals surface area (Å²) in [4.78, 5) is 25.3. The number of nitrogens with zero attached hydrogens (tertiary/aromatic N) is 1. The number of sulfone groups is 1. The second-order valence-electron chi connectivity index (χ2n) is 5.47. The number of amides is 1. The summed E-state index contributed by atoms with van der Waals surface area (Å²) in [5.74, 6) is -3.54. The molecule has 0 radical (unpaired) electrons. The van der Waals surface area contributed by atoms with Crippen molar-refractivity contribution in [2.75, 3.05) is 24.7 Å². The van der Waals surface area contributed by atoms with E-state index in [0.29, 0.717) is 12.5 Å². The van der Waals surface area contributed by atoms with Gasteiger partial charge in [0, 0.05) is 18.7 Å². The van der Waals surface area contributed by atoms with E-state index in [2.05, 4.69) is 0 Å². The first-order valence-electron chi connectivity index (χ1n) is 7.35. The molecule has 0 aliphatic carbocycles. The van der Waals surface area contributed by atoms with Crippen LogP contribution in [-0.2, 0) is 19.4 Å². The van der Waals surface area contributed by atoms with Gasteiger partial charge in [0.05, 0.1) is 17.1 Å². The second-order valence-corrected chi connectivity index (χ2v) is 7.70. The number of ether oxygens (including phenoxy) is 1. The SMILES string of the molecule is CCN(C(=O)COC(=O)c1cc(F)cc(F)c1)C1CCS(=O)(=O)C1. The van der Waals surface area contributed by atoms with Gasteiger partial charge in [0.1, 0.15) is 11.6 Å². The summed E-state index contributed by atoms with van der Waals surface area (Å²) >= 11 is 0. The highest BCUT2D eigenvalue weighted by Crippen LogP contribution is 2.18. The predicted octanol–water partition coefficient (Wildman–Crippen LogP) is 1.16. The van der Waals surface area contributed by atoms with Gasteiger partial charge in [0.2, 0.25) is 0 Å². The van der Waals surface area contributed by atoms with Crippen molar-refractivity contribution in [3.05, 3.63) is 35.4 Å². The fraction of sp³-hybridized carbons (Fsp3) is 0.467. The summed E-state index contributed by atoms with van der Waals surface area (Å²) in [6.07, 6.45) is 0.338. The molecule has 0 N–H and O–H groups in total. The molecule has 1 saturated heterocycles. The van der Waals surface area contributed by atoms with Crippen molar-refractivity contribution in [1.82, 2.24) is 4.90 Å². The Labute approximate surface area is 138 Å². The molecule has 1 aliphatic heterocycles. The lowest BCUT2D eigenvalue weighted by molar-refractivity contribution is -0.136.